The van der Waals surface area contributed by atoms with Crippen LogP contribution in [-0.4, -0.2) is 33.7 Å². The molecule has 0 bridgehead atoms. The second-order valence-corrected chi connectivity index (χ2v) is 8.31. The van der Waals surface area contributed by atoms with Crippen LogP contribution < -0.4 is 11.3 Å². The molecule has 0 unspecified atom stereocenters. The van der Waals surface area contributed by atoms with Crippen LogP contribution in [0.4, 0.5) is 5.82 Å². The lowest BCUT2D eigenvalue weighted by molar-refractivity contribution is 0.646. The molecule has 4 aromatic heterocycles. The Labute approximate surface area is 182 Å². The topological polar surface area (TPSA) is 117 Å². The molecule has 2 N–H and O–H groups in total. The molecule has 0 fully saturated rings. The summed E-state index contributed by atoms with van der Waals surface area (Å²) >= 11 is 4.64. The molecule has 4 heterocycles. The number of benzene rings is 1. The van der Waals surface area contributed by atoms with Crippen molar-refractivity contribution in [2.75, 3.05) is 5.73 Å². The fraction of sp³-hybridized carbons (Fsp3) is 0.158. The number of rotatable bonds is 3. The Bertz CT molecular complexity index is 1500. The number of aromatic nitrogens is 7. The summed E-state index contributed by atoms with van der Waals surface area (Å²) in [7, 11) is 0. The largest absolute Gasteiger partial charge is 0.383 e. The predicted octanol–water partition coefficient (Wildman–Crippen LogP) is 2.99. The van der Waals surface area contributed by atoms with Gasteiger partial charge in [0.05, 0.1) is 16.8 Å². The Hall–Kier alpha value is -3.18. The van der Waals surface area contributed by atoms with Crippen molar-refractivity contribution < 1.29 is 0 Å². The lowest BCUT2D eigenvalue weighted by Gasteiger charge is -2.15. The zero-order chi connectivity index (χ0) is 21.0. The molecule has 0 spiro atoms. The predicted molar refractivity (Wildman–Crippen MR) is 119 cm³/mol. The Morgan fingerprint density at radius 2 is 1.97 bits per heavy atom. The number of halogens is 1. The van der Waals surface area contributed by atoms with Crippen LogP contribution in [0.25, 0.3) is 26.9 Å². The Balaban J connectivity index is 1.80. The van der Waals surface area contributed by atoms with Gasteiger partial charge in [-0.1, -0.05) is 18.2 Å². The van der Waals surface area contributed by atoms with E-state index in [1.54, 1.807) is 9.25 Å². The lowest BCUT2D eigenvalue weighted by Crippen LogP contribution is -2.26. The van der Waals surface area contributed by atoms with Gasteiger partial charge in [0.1, 0.15) is 34.5 Å². The van der Waals surface area contributed by atoms with Gasteiger partial charge in [0.2, 0.25) is 0 Å². The number of nitrogens with two attached hydrogens (primary N) is 1. The molecule has 9 nitrogen and oxygen atoms in total. The Morgan fingerprint density at radius 1 is 1.17 bits per heavy atom. The summed E-state index contributed by atoms with van der Waals surface area (Å²) in [6.45, 7) is 4.00. The molecule has 0 atom stereocenters. The molecule has 0 aliphatic rings. The quantitative estimate of drug-likeness (QED) is 0.419. The second kappa shape index (κ2) is 6.96. The minimum Gasteiger partial charge on any atom is -0.383 e. The molecule has 30 heavy (non-hydrogen) atoms. The summed E-state index contributed by atoms with van der Waals surface area (Å²) in [5.74, 6) is 0.857. The number of aryl methyl sites for hydroxylation is 2. The maximum Gasteiger partial charge on any atom is 0.268 e. The number of hydrogen-bond donors (Lipinski definition) is 1. The average Bonchev–Trinajstić information content (AvgIpc) is 3.24. The first-order valence-electron chi connectivity index (χ1n) is 9.02. The van der Waals surface area contributed by atoms with E-state index in [9.17, 15) is 4.79 Å². The number of nitrogen functional groups attached to an aromatic ring is 1. The first-order valence-corrected chi connectivity index (χ1v) is 10.6. The zero-order valence-corrected chi connectivity index (χ0v) is 18.4. The SMILES string of the molecule is Cc1ccccc1-n1c(Cn2nc(Br)c3c(N)ncnc32)nc2snc(C)c2c1=O. The van der Waals surface area contributed by atoms with E-state index in [1.165, 1.54) is 17.9 Å². The van der Waals surface area contributed by atoms with E-state index in [0.29, 0.717) is 43.2 Å². The van der Waals surface area contributed by atoms with E-state index >= 15 is 0 Å². The maximum absolute atomic E-state index is 13.5. The highest BCUT2D eigenvalue weighted by atomic mass is 79.9. The first kappa shape index (κ1) is 18.8. The third-order valence-electron chi connectivity index (χ3n) is 4.91. The highest BCUT2D eigenvalue weighted by molar-refractivity contribution is 9.10. The fourth-order valence-corrected chi connectivity index (χ4v) is 4.83. The molecule has 0 amide bonds. The molecule has 0 saturated heterocycles. The molecular formula is C19H15BrN8OS. The third kappa shape index (κ3) is 2.81. The van der Waals surface area contributed by atoms with Gasteiger partial charge in [-0.05, 0) is 52.9 Å². The number of fused-ring (bicyclic) bond motifs is 2. The van der Waals surface area contributed by atoms with E-state index in [0.717, 1.165) is 11.3 Å². The summed E-state index contributed by atoms with van der Waals surface area (Å²) in [5, 5.41) is 5.66. The molecule has 150 valence electrons. The summed E-state index contributed by atoms with van der Waals surface area (Å²) in [4.78, 5) is 27.2. The van der Waals surface area contributed by atoms with Gasteiger partial charge < -0.3 is 5.73 Å². The van der Waals surface area contributed by atoms with Crippen LogP contribution in [0.1, 0.15) is 17.1 Å². The fourth-order valence-electron chi connectivity index (χ4n) is 3.48. The van der Waals surface area contributed by atoms with Crippen LogP contribution in [0.15, 0.2) is 40.0 Å². The van der Waals surface area contributed by atoms with E-state index in [-0.39, 0.29) is 12.1 Å². The maximum atomic E-state index is 13.5. The van der Waals surface area contributed by atoms with Crippen molar-refractivity contribution in [3.8, 4) is 5.69 Å². The molecule has 5 aromatic rings. The highest BCUT2D eigenvalue weighted by Gasteiger charge is 2.20. The van der Waals surface area contributed by atoms with Crippen LogP contribution in [0.2, 0.25) is 0 Å². The van der Waals surface area contributed by atoms with E-state index in [2.05, 4.69) is 35.4 Å². The third-order valence-corrected chi connectivity index (χ3v) is 6.30. The van der Waals surface area contributed by atoms with Gasteiger partial charge >= 0.3 is 0 Å². The van der Waals surface area contributed by atoms with Crippen molar-refractivity contribution in [2.24, 2.45) is 0 Å². The van der Waals surface area contributed by atoms with Gasteiger partial charge in [0, 0.05) is 0 Å². The summed E-state index contributed by atoms with van der Waals surface area (Å²) in [6, 6.07) is 7.70. The first-order chi connectivity index (χ1) is 14.5. The molecule has 0 aliphatic heterocycles. The minimum absolute atomic E-state index is 0.153. The van der Waals surface area contributed by atoms with Crippen LogP contribution in [0.3, 0.4) is 0 Å². The van der Waals surface area contributed by atoms with Gasteiger partial charge in [-0.3, -0.25) is 9.36 Å². The van der Waals surface area contributed by atoms with Gasteiger partial charge in [-0.2, -0.15) is 9.47 Å². The Kier molecular flexibility index (Phi) is 4.36. The number of para-hydroxylation sites is 1. The van der Waals surface area contributed by atoms with E-state index < -0.39 is 0 Å². The second-order valence-electron chi connectivity index (χ2n) is 6.81. The van der Waals surface area contributed by atoms with Crippen LogP contribution in [0.5, 0.6) is 0 Å². The minimum atomic E-state index is -0.153. The van der Waals surface area contributed by atoms with Crippen molar-refractivity contribution in [3.05, 3.63) is 62.6 Å². The number of hydrogen-bond acceptors (Lipinski definition) is 8. The van der Waals surface area contributed by atoms with Crippen molar-refractivity contribution in [2.45, 2.75) is 20.4 Å². The van der Waals surface area contributed by atoms with Crippen LogP contribution in [-0.2, 0) is 6.54 Å². The zero-order valence-electron chi connectivity index (χ0n) is 16.0. The molecular weight excluding hydrogens is 468 g/mol. The molecule has 5 rings (SSSR count). The molecule has 11 heteroatoms. The Morgan fingerprint density at radius 3 is 2.77 bits per heavy atom. The van der Waals surface area contributed by atoms with Crippen LogP contribution in [0, 0.1) is 13.8 Å². The van der Waals surface area contributed by atoms with Gasteiger partial charge in [0.25, 0.3) is 5.56 Å². The molecule has 1 aromatic carbocycles. The smallest absolute Gasteiger partial charge is 0.268 e. The summed E-state index contributed by atoms with van der Waals surface area (Å²) in [6.07, 6.45) is 1.39. The van der Waals surface area contributed by atoms with E-state index in [4.69, 9.17) is 10.7 Å². The summed E-state index contributed by atoms with van der Waals surface area (Å²) in [5.41, 5.74) is 8.80. The van der Waals surface area contributed by atoms with Crippen molar-refractivity contribution in [1.29, 1.82) is 0 Å². The molecule has 0 radical (unpaired) electrons. The van der Waals surface area contributed by atoms with Gasteiger partial charge in [-0.15, -0.1) is 0 Å². The van der Waals surface area contributed by atoms with Crippen molar-refractivity contribution in [3.63, 3.8) is 0 Å². The molecule has 0 aliphatic carbocycles. The lowest BCUT2D eigenvalue weighted by atomic mass is 10.2. The normalized spacial score (nSPS) is 11.6. The standard InChI is InChI=1S/C19H15BrN8OS/c1-9-5-3-4-6-11(9)28-12(24-18-13(19(28)29)10(2)26-30-18)7-27-17-14(15(20)25-27)16(21)22-8-23-17/h3-6,8H,7H2,1-2H3,(H2,21,22,23). The number of nitrogens with zero attached hydrogens (tertiary/aromatic N) is 7. The van der Waals surface area contributed by atoms with Gasteiger partial charge in [0.15, 0.2) is 10.5 Å². The summed E-state index contributed by atoms with van der Waals surface area (Å²) < 4.78 is 8.15. The van der Waals surface area contributed by atoms with E-state index in [1.807, 2.05) is 38.1 Å². The van der Waals surface area contributed by atoms with Crippen molar-refractivity contribution in [1.82, 2.24) is 33.7 Å². The monoisotopic (exact) mass is 482 g/mol. The van der Waals surface area contributed by atoms with Crippen LogP contribution >= 0.6 is 27.5 Å². The number of anilines is 1. The van der Waals surface area contributed by atoms with Gasteiger partial charge in [-0.25, -0.2) is 19.6 Å². The molecule has 0 saturated carbocycles. The van der Waals surface area contributed by atoms with Crippen molar-refractivity contribution >= 4 is 54.5 Å². The highest BCUT2D eigenvalue weighted by Crippen LogP contribution is 2.27. The average molecular weight is 483 g/mol.